The van der Waals surface area contributed by atoms with Crippen LogP contribution in [0, 0.1) is 0 Å². The Kier molecular flexibility index (Phi) is 5.60. The van der Waals surface area contributed by atoms with Crippen molar-refractivity contribution in [2.75, 3.05) is 23.3 Å². The number of carbonyl (C=O) groups is 1. The first-order valence-corrected chi connectivity index (χ1v) is 11.5. The molecule has 1 amide bonds. The molecule has 3 aromatic rings. The van der Waals surface area contributed by atoms with E-state index in [0.29, 0.717) is 35.3 Å². The third-order valence-electron chi connectivity index (χ3n) is 4.61. The summed E-state index contributed by atoms with van der Waals surface area (Å²) in [5.74, 6) is 1.13. The lowest BCUT2D eigenvalue weighted by molar-refractivity contribution is -0.122. The van der Waals surface area contributed by atoms with Crippen LogP contribution in [0.1, 0.15) is 6.42 Å². The Labute approximate surface area is 178 Å². The van der Waals surface area contributed by atoms with Crippen LogP contribution in [0.4, 0.5) is 10.8 Å². The molecule has 2 heterocycles. The highest BCUT2D eigenvalue weighted by Gasteiger charge is 2.34. The molecule has 2 aromatic carbocycles. The van der Waals surface area contributed by atoms with E-state index in [4.69, 9.17) is 9.47 Å². The summed E-state index contributed by atoms with van der Waals surface area (Å²) in [5, 5.41) is 1.98. The second kappa shape index (κ2) is 8.33. The van der Waals surface area contributed by atoms with E-state index in [2.05, 4.69) is 9.71 Å². The number of nitrogens with zero attached hydrogens (tertiary/aromatic N) is 2. The van der Waals surface area contributed by atoms with E-state index < -0.39 is 16.1 Å². The first-order valence-electron chi connectivity index (χ1n) is 9.11. The molecule has 0 saturated carbocycles. The van der Waals surface area contributed by atoms with Crippen LogP contribution in [-0.4, -0.2) is 39.1 Å². The van der Waals surface area contributed by atoms with Crippen LogP contribution < -0.4 is 19.1 Å². The molecular formula is C20H19N3O5S2. The molecule has 1 aromatic heterocycles. The minimum Gasteiger partial charge on any atom is -0.497 e. The Morgan fingerprint density at radius 1 is 1.10 bits per heavy atom. The number of thiazole rings is 1. The van der Waals surface area contributed by atoms with Crippen LogP contribution in [0.5, 0.6) is 11.5 Å². The van der Waals surface area contributed by atoms with E-state index in [1.807, 2.05) is 0 Å². The summed E-state index contributed by atoms with van der Waals surface area (Å²) >= 11 is 1.20. The van der Waals surface area contributed by atoms with Gasteiger partial charge in [-0.3, -0.25) is 9.52 Å². The van der Waals surface area contributed by atoms with Crippen molar-refractivity contribution in [3.63, 3.8) is 0 Å². The van der Waals surface area contributed by atoms with Gasteiger partial charge in [-0.15, -0.1) is 11.3 Å². The van der Waals surface area contributed by atoms with Gasteiger partial charge < -0.3 is 14.4 Å². The summed E-state index contributed by atoms with van der Waals surface area (Å²) in [6.45, 7) is 0.489. The lowest BCUT2D eigenvalue weighted by Crippen LogP contribution is -2.32. The number of carbonyl (C=O) groups excluding carboxylic acids is 1. The van der Waals surface area contributed by atoms with E-state index in [1.165, 1.54) is 29.7 Å². The summed E-state index contributed by atoms with van der Waals surface area (Å²) in [4.78, 5) is 18.4. The van der Waals surface area contributed by atoms with Crippen molar-refractivity contribution in [3.05, 3.63) is 60.1 Å². The Hall–Kier alpha value is -3.11. The highest BCUT2D eigenvalue weighted by Crippen LogP contribution is 2.27. The monoisotopic (exact) mass is 445 g/mol. The summed E-state index contributed by atoms with van der Waals surface area (Å²) in [5.41, 5.74) is 0.619. The van der Waals surface area contributed by atoms with Gasteiger partial charge in [-0.25, -0.2) is 13.4 Å². The first-order chi connectivity index (χ1) is 14.5. The molecule has 0 spiro atoms. The van der Waals surface area contributed by atoms with Gasteiger partial charge in [0.1, 0.15) is 11.5 Å². The number of anilines is 2. The predicted molar refractivity (Wildman–Crippen MR) is 114 cm³/mol. The number of amides is 1. The van der Waals surface area contributed by atoms with Crippen molar-refractivity contribution in [2.24, 2.45) is 0 Å². The topological polar surface area (TPSA) is 97.8 Å². The zero-order valence-corrected chi connectivity index (χ0v) is 17.7. The Bertz CT molecular complexity index is 1110. The third kappa shape index (κ3) is 4.24. The number of aromatic nitrogens is 1. The molecule has 8 nitrogen and oxygen atoms in total. The first kappa shape index (κ1) is 20.2. The maximum Gasteiger partial charge on any atom is 0.268 e. The molecule has 156 valence electrons. The molecule has 0 radical (unpaired) electrons. The average Bonchev–Trinajstić information content (AvgIpc) is 3.38. The van der Waals surface area contributed by atoms with Gasteiger partial charge in [0.05, 0.1) is 12.0 Å². The van der Waals surface area contributed by atoms with Crippen molar-refractivity contribution >= 4 is 38.1 Å². The summed E-state index contributed by atoms with van der Waals surface area (Å²) in [6.07, 6.45) is 1.47. The molecule has 4 rings (SSSR count). The van der Waals surface area contributed by atoms with E-state index in [-0.39, 0.29) is 10.8 Å². The van der Waals surface area contributed by atoms with E-state index >= 15 is 0 Å². The molecule has 30 heavy (non-hydrogen) atoms. The fourth-order valence-corrected chi connectivity index (χ4v) is 4.88. The Morgan fingerprint density at radius 3 is 2.43 bits per heavy atom. The number of sulfonamides is 1. The van der Waals surface area contributed by atoms with Crippen LogP contribution in [0.2, 0.25) is 0 Å². The van der Waals surface area contributed by atoms with Crippen LogP contribution in [0.3, 0.4) is 0 Å². The van der Waals surface area contributed by atoms with E-state index in [0.717, 1.165) is 0 Å². The molecule has 0 bridgehead atoms. The molecule has 0 aliphatic carbocycles. The molecule has 1 aliphatic heterocycles. The van der Waals surface area contributed by atoms with E-state index in [9.17, 15) is 13.2 Å². The molecular weight excluding hydrogens is 426 g/mol. The molecule has 1 fully saturated rings. The maximum absolute atomic E-state index is 12.8. The largest absolute Gasteiger partial charge is 0.497 e. The number of benzene rings is 2. The summed E-state index contributed by atoms with van der Waals surface area (Å²) < 4.78 is 38.2. The normalized spacial score (nSPS) is 16.5. The number of nitrogens with one attached hydrogen (secondary N) is 1. The molecule has 1 N–H and O–H groups in total. The lowest BCUT2D eigenvalue weighted by Gasteiger charge is -2.18. The van der Waals surface area contributed by atoms with Crippen molar-refractivity contribution in [3.8, 4) is 11.5 Å². The van der Waals surface area contributed by atoms with Gasteiger partial charge in [-0.05, 0) is 48.5 Å². The maximum atomic E-state index is 12.8. The number of methoxy groups -OCH3 is 1. The third-order valence-corrected chi connectivity index (χ3v) is 6.78. The fraction of sp³-hybridized carbons (Fsp3) is 0.200. The van der Waals surface area contributed by atoms with Crippen molar-refractivity contribution in [1.82, 2.24) is 4.98 Å². The van der Waals surface area contributed by atoms with Gasteiger partial charge in [0.25, 0.3) is 15.9 Å². The smallest absolute Gasteiger partial charge is 0.268 e. The van der Waals surface area contributed by atoms with Gasteiger partial charge in [-0.1, -0.05) is 0 Å². The second-order valence-corrected chi connectivity index (χ2v) is 9.07. The van der Waals surface area contributed by atoms with Crippen LogP contribution in [0.25, 0.3) is 0 Å². The fourth-order valence-electron chi connectivity index (χ4n) is 3.09. The van der Waals surface area contributed by atoms with Crippen molar-refractivity contribution in [1.29, 1.82) is 0 Å². The predicted octanol–water partition coefficient (Wildman–Crippen LogP) is 3.14. The highest BCUT2D eigenvalue weighted by molar-refractivity contribution is 7.93. The average molecular weight is 446 g/mol. The molecule has 1 aliphatic rings. The van der Waals surface area contributed by atoms with Gasteiger partial charge >= 0.3 is 0 Å². The second-order valence-electron chi connectivity index (χ2n) is 6.50. The van der Waals surface area contributed by atoms with Gasteiger partial charge in [0, 0.05) is 30.2 Å². The SMILES string of the molecule is COc1ccc(OC2CCN(c3ccc(S(=O)(=O)Nc4nccs4)cc3)C2=O)cc1. The quantitative estimate of drug-likeness (QED) is 0.600. The van der Waals surface area contributed by atoms with Crippen LogP contribution >= 0.6 is 11.3 Å². The highest BCUT2D eigenvalue weighted by atomic mass is 32.2. The molecule has 1 atom stereocenters. The van der Waals surface area contributed by atoms with Gasteiger partial charge in [0.2, 0.25) is 0 Å². The number of ether oxygens (including phenoxy) is 2. The number of hydrogen-bond acceptors (Lipinski definition) is 7. The summed E-state index contributed by atoms with van der Waals surface area (Å²) in [6, 6.07) is 13.2. The summed E-state index contributed by atoms with van der Waals surface area (Å²) in [7, 11) is -2.15. The standard InChI is InChI=1S/C20H19N3O5S2/c1-27-15-4-6-16(7-5-15)28-18-10-12-23(19(18)24)14-2-8-17(9-3-14)30(25,26)22-20-21-11-13-29-20/h2-9,11,13,18H,10,12H2,1H3,(H,21,22). The molecule has 10 heteroatoms. The minimum absolute atomic E-state index is 0.0964. The van der Waals surface area contributed by atoms with Crippen LogP contribution in [-0.2, 0) is 14.8 Å². The Morgan fingerprint density at radius 2 is 1.80 bits per heavy atom. The van der Waals surface area contributed by atoms with Crippen molar-refractivity contribution < 1.29 is 22.7 Å². The Balaban J connectivity index is 1.43. The van der Waals surface area contributed by atoms with E-state index in [1.54, 1.807) is 53.8 Å². The lowest BCUT2D eigenvalue weighted by atomic mass is 10.3. The van der Waals surface area contributed by atoms with Crippen LogP contribution in [0.15, 0.2) is 65.0 Å². The molecule has 1 saturated heterocycles. The zero-order chi connectivity index (χ0) is 21.1. The zero-order valence-electron chi connectivity index (χ0n) is 16.0. The van der Waals surface area contributed by atoms with Crippen molar-refractivity contribution in [2.45, 2.75) is 17.4 Å². The minimum atomic E-state index is -3.73. The van der Waals surface area contributed by atoms with Gasteiger partial charge in [-0.2, -0.15) is 0 Å². The van der Waals surface area contributed by atoms with Gasteiger partial charge in [0.15, 0.2) is 11.2 Å². The number of hydrogen-bond donors (Lipinski definition) is 1. The molecule has 1 unspecified atom stereocenters. The number of rotatable bonds is 7.